The van der Waals surface area contributed by atoms with Gasteiger partial charge in [0, 0.05) is 29.9 Å². The van der Waals surface area contributed by atoms with Crippen LogP contribution in [0.3, 0.4) is 0 Å². The number of carbonyl (C=O) groups excluding carboxylic acids is 2. The van der Waals surface area contributed by atoms with Crippen LogP contribution in [0.4, 0.5) is 0 Å². The van der Waals surface area contributed by atoms with Crippen molar-refractivity contribution in [2.45, 2.75) is 37.7 Å². The number of aryl methyl sites for hydroxylation is 1. The Kier molecular flexibility index (Phi) is 6.01. The zero-order valence-electron chi connectivity index (χ0n) is 15.4. The number of nitrogens with zero attached hydrogens (tertiary/aromatic N) is 1. The molecule has 6 nitrogen and oxygen atoms in total. The molecule has 2 aliphatic rings. The van der Waals surface area contributed by atoms with Gasteiger partial charge in [0.05, 0.1) is 12.5 Å². The van der Waals surface area contributed by atoms with E-state index in [1.807, 2.05) is 19.2 Å². The van der Waals surface area contributed by atoms with Gasteiger partial charge in [-0.2, -0.15) is 0 Å². The molecule has 2 heterocycles. The Morgan fingerprint density at radius 2 is 2.15 bits per heavy atom. The van der Waals surface area contributed by atoms with E-state index in [9.17, 15) is 19.5 Å². The smallest absolute Gasteiger partial charge is 0.308 e. The van der Waals surface area contributed by atoms with Crippen molar-refractivity contribution >= 4 is 29.4 Å². The van der Waals surface area contributed by atoms with Crippen molar-refractivity contribution in [1.82, 2.24) is 4.90 Å². The summed E-state index contributed by atoms with van der Waals surface area (Å²) in [5.74, 6) is -1.77. The van der Waals surface area contributed by atoms with Crippen LogP contribution in [0.1, 0.15) is 35.2 Å². The van der Waals surface area contributed by atoms with Crippen molar-refractivity contribution in [2.24, 2.45) is 0 Å². The van der Waals surface area contributed by atoms with Crippen molar-refractivity contribution in [3.63, 3.8) is 0 Å². The van der Waals surface area contributed by atoms with Gasteiger partial charge in [-0.05, 0) is 32.1 Å². The van der Waals surface area contributed by atoms with E-state index in [0.717, 1.165) is 18.4 Å². The number of carboxylic acid groups (broad SMARTS) is 1. The normalized spacial score (nSPS) is 22.6. The second-order valence-electron chi connectivity index (χ2n) is 6.84. The fraction of sp³-hybridized carbons (Fsp3) is 0.450. The monoisotopic (exact) mass is 389 g/mol. The first-order valence-corrected chi connectivity index (χ1v) is 10.2. The fourth-order valence-corrected chi connectivity index (χ4v) is 4.57. The van der Waals surface area contributed by atoms with Crippen LogP contribution in [0.15, 0.2) is 35.4 Å². The summed E-state index contributed by atoms with van der Waals surface area (Å²) in [5.41, 5.74) is 1.78. The number of carboxylic acids is 1. The van der Waals surface area contributed by atoms with Gasteiger partial charge in [0.1, 0.15) is 5.37 Å². The molecule has 1 aromatic rings. The second-order valence-corrected chi connectivity index (χ2v) is 7.76. The highest BCUT2D eigenvalue weighted by molar-refractivity contribution is 7.99. The number of Topliss-reactive ketones (excluding diaryl/α,β-unsaturated/α-hetero) is 1. The van der Waals surface area contributed by atoms with Crippen molar-refractivity contribution < 1.29 is 24.2 Å². The minimum absolute atomic E-state index is 0.0666. The molecule has 0 radical (unpaired) electrons. The summed E-state index contributed by atoms with van der Waals surface area (Å²) in [4.78, 5) is 39.2. The summed E-state index contributed by atoms with van der Waals surface area (Å²) < 4.78 is 5.65. The highest BCUT2D eigenvalue weighted by Gasteiger charge is 2.43. The number of ketones is 1. The van der Waals surface area contributed by atoms with Crippen molar-refractivity contribution in [1.29, 1.82) is 0 Å². The average molecular weight is 389 g/mol. The van der Waals surface area contributed by atoms with E-state index in [4.69, 9.17) is 4.74 Å². The summed E-state index contributed by atoms with van der Waals surface area (Å²) in [6.07, 6.45) is 3.11. The molecule has 1 aromatic carbocycles. The van der Waals surface area contributed by atoms with Crippen molar-refractivity contribution in [3.05, 3.63) is 46.5 Å². The Morgan fingerprint density at radius 3 is 2.74 bits per heavy atom. The molecule has 0 aliphatic carbocycles. The number of hydrogen-bond donors (Lipinski definition) is 1. The Hall–Kier alpha value is -2.12. The topological polar surface area (TPSA) is 83.9 Å². The maximum absolute atomic E-state index is 13.2. The fourth-order valence-electron chi connectivity index (χ4n) is 3.64. The lowest BCUT2D eigenvalue weighted by molar-refractivity contribution is -0.137. The maximum Gasteiger partial charge on any atom is 0.308 e. The molecule has 0 saturated carbocycles. The summed E-state index contributed by atoms with van der Waals surface area (Å²) in [6.45, 7) is 2.93. The molecule has 0 spiro atoms. The third-order valence-corrected chi connectivity index (χ3v) is 5.81. The molecule has 1 fully saturated rings. The first kappa shape index (κ1) is 19.6. The molecule has 0 bridgehead atoms. The lowest BCUT2D eigenvalue weighted by atomic mass is 9.97. The second kappa shape index (κ2) is 8.27. The SMILES string of the molecule is CS[C@@H]1C(C(=O)c2cccc(C)c2)=C(CC(=O)O)C(=O)N1C[C@H]1CCCO1. The van der Waals surface area contributed by atoms with Crippen LogP contribution < -0.4 is 0 Å². The van der Waals surface area contributed by atoms with E-state index in [1.165, 1.54) is 11.8 Å². The van der Waals surface area contributed by atoms with Gasteiger partial charge in [0.15, 0.2) is 5.78 Å². The number of hydrogen-bond acceptors (Lipinski definition) is 5. The van der Waals surface area contributed by atoms with E-state index in [0.29, 0.717) is 24.3 Å². The molecular weight excluding hydrogens is 366 g/mol. The van der Waals surface area contributed by atoms with E-state index in [1.54, 1.807) is 23.1 Å². The summed E-state index contributed by atoms with van der Waals surface area (Å²) in [5, 5.41) is 8.79. The summed E-state index contributed by atoms with van der Waals surface area (Å²) in [7, 11) is 0. The molecule has 1 amide bonds. The number of benzene rings is 1. The number of aliphatic carboxylic acids is 1. The van der Waals surface area contributed by atoms with Gasteiger partial charge in [0.2, 0.25) is 0 Å². The number of thioether (sulfide) groups is 1. The lowest BCUT2D eigenvalue weighted by Gasteiger charge is -2.27. The van der Waals surface area contributed by atoms with E-state index < -0.39 is 17.8 Å². The molecule has 3 rings (SSSR count). The van der Waals surface area contributed by atoms with Gasteiger partial charge in [-0.1, -0.05) is 23.8 Å². The molecule has 2 aliphatic heterocycles. The largest absolute Gasteiger partial charge is 0.481 e. The van der Waals surface area contributed by atoms with Crippen LogP contribution in [0.5, 0.6) is 0 Å². The quantitative estimate of drug-likeness (QED) is 0.722. The Bertz CT molecular complexity index is 797. The third-order valence-electron chi connectivity index (χ3n) is 4.87. The zero-order chi connectivity index (χ0) is 19.6. The van der Waals surface area contributed by atoms with Crippen LogP contribution >= 0.6 is 11.8 Å². The van der Waals surface area contributed by atoms with Gasteiger partial charge < -0.3 is 14.7 Å². The zero-order valence-corrected chi connectivity index (χ0v) is 16.3. The Morgan fingerprint density at radius 1 is 1.37 bits per heavy atom. The van der Waals surface area contributed by atoms with Gasteiger partial charge >= 0.3 is 5.97 Å². The van der Waals surface area contributed by atoms with Gasteiger partial charge in [-0.3, -0.25) is 14.4 Å². The highest BCUT2D eigenvalue weighted by Crippen LogP contribution is 2.37. The minimum Gasteiger partial charge on any atom is -0.481 e. The maximum atomic E-state index is 13.2. The van der Waals surface area contributed by atoms with E-state index >= 15 is 0 Å². The van der Waals surface area contributed by atoms with Crippen LogP contribution in [-0.2, 0) is 14.3 Å². The van der Waals surface area contributed by atoms with Crippen LogP contribution in [-0.4, -0.2) is 58.6 Å². The van der Waals surface area contributed by atoms with Gasteiger partial charge in [-0.25, -0.2) is 0 Å². The van der Waals surface area contributed by atoms with E-state index in [2.05, 4.69) is 0 Å². The highest BCUT2D eigenvalue weighted by atomic mass is 32.2. The van der Waals surface area contributed by atoms with Crippen molar-refractivity contribution in [3.8, 4) is 0 Å². The van der Waals surface area contributed by atoms with Crippen LogP contribution in [0.25, 0.3) is 0 Å². The number of amides is 1. The summed E-state index contributed by atoms with van der Waals surface area (Å²) >= 11 is 1.37. The third kappa shape index (κ3) is 4.09. The number of carbonyl (C=O) groups is 3. The molecule has 1 N–H and O–H groups in total. The lowest BCUT2D eigenvalue weighted by Crippen LogP contribution is -2.40. The molecule has 1 saturated heterocycles. The predicted octanol–water partition coefficient (Wildman–Crippen LogP) is 2.66. The molecule has 144 valence electrons. The molecule has 27 heavy (non-hydrogen) atoms. The average Bonchev–Trinajstić information content (AvgIpc) is 3.23. The minimum atomic E-state index is -1.12. The van der Waals surface area contributed by atoms with E-state index in [-0.39, 0.29) is 23.4 Å². The molecule has 0 aromatic heterocycles. The molecule has 2 atom stereocenters. The summed E-state index contributed by atoms with van der Waals surface area (Å²) in [6, 6.07) is 7.14. The van der Waals surface area contributed by atoms with Gasteiger partial charge in [-0.15, -0.1) is 11.8 Å². The number of ether oxygens (including phenoxy) is 1. The first-order chi connectivity index (χ1) is 12.9. The molecule has 0 unspecified atom stereocenters. The standard InChI is InChI=1S/C20H23NO5S/c1-12-5-3-6-13(9-12)18(24)17-15(10-16(22)23)19(25)21(20(17)27-2)11-14-7-4-8-26-14/h3,5-6,9,14,20H,4,7-8,10-11H2,1-2H3,(H,22,23)/t14-,20-/m1/s1. The Labute approximate surface area is 162 Å². The number of rotatable bonds is 7. The van der Waals surface area contributed by atoms with Crippen LogP contribution in [0.2, 0.25) is 0 Å². The van der Waals surface area contributed by atoms with Crippen molar-refractivity contribution in [2.75, 3.05) is 19.4 Å². The molecular formula is C20H23NO5S. The first-order valence-electron chi connectivity index (χ1n) is 8.94. The molecule has 7 heteroatoms. The van der Waals surface area contributed by atoms with Crippen LogP contribution in [0, 0.1) is 6.92 Å². The Balaban J connectivity index is 1.98. The van der Waals surface area contributed by atoms with Gasteiger partial charge in [0.25, 0.3) is 5.91 Å². The predicted molar refractivity (Wildman–Crippen MR) is 103 cm³/mol.